The fourth-order valence-corrected chi connectivity index (χ4v) is 3.74. The summed E-state index contributed by atoms with van der Waals surface area (Å²) in [7, 11) is 0. The van der Waals surface area contributed by atoms with Crippen molar-refractivity contribution < 1.29 is 19.8 Å². The average molecular weight is 370 g/mol. The summed E-state index contributed by atoms with van der Waals surface area (Å²) in [5.41, 5.74) is 3.40. The van der Waals surface area contributed by atoms with Gasteiger partial charge in [-0.25, -0.2) is 0 Å². The van der Waals surface area contributed by atoms with Crippen LogP contribution in [0.3, 0.4) is 0 Å². The van der Waals surface area contributed by atoms with Crippen LogP contribution in [0.15, 0.2) is 48.5 Å². The number of rotatable bonds is 3. The normalized spacial score (nSPS) is 11.1. The number of aromatic hydroxyl groups is 2. The van der Waals surface area contributed by atoms with Gasteiger partial charge in [-0.3, -0.25) is 9.59 Å². The van der Waals surface area contributed by atoms with Gasteiger partial charge < -0.3 is 10.2 Å². The SMILES string of the molecule is Cc1cc2ccc(C=O)c(-c3c(C=O)ccc4cc(C)c(O)cc34)c2cc1O. The summed E-state index contributed by atoms with van der Waals surface area (Å²) >= 11 is 0. The lowest BCUT2D eigenvalue weighted by Crippen LogP contribution is -1.96. The van der Waals surface area contributed by atoms with Crippen LogP contribution in [0.25, 0.3) is 32.7 Å². The van der Waals surface area contributed by atoms with Gasteiger partial charge in [-0.05, 0) is 70.8 Å². The number of carbonyl (C=O) groups is 2. The number of aryl methyl sites for hydroxylation is 2. The molecule has 0 saturated carbocycles. The van der Waals surface area contributed by atoms with Crippen molar-refractivity contribution in [2.24, 2.45) is 0 Å². The maximum atomic E-state index is 11.9. The summed E-state index contributed by atoms with van der Waals surface area (Å²) in [4.78, 5) is 23.7. The first-order valence-corrected chi connectivity index (χ1v) is 8.88. The third-order valence-electron chi connectivity index (χ3n) is 5.24. The van der Waals surface area contributed by atoms with Crippen molar-refractivity contribution in [3.05, 3.63) is 70.8 Å². The van der Waals surface area contributed by atoms with Gasteiger partial charge in [0.2, 0.25) is 0 Å². The molecule has 4 nitrogen and oxygen atoms in total. The van der Waals surface area contributed by atoms with E-state index >= 15 is 0 Å². The molecule has 4 rings (SSSR count). The number of phenolic OH excluding ortho intramolecular Hbond substituents is 2. The molecule has 4 heteroatoms. The minimum atomic E-state index is 0.114. The number of fused-ring (bicyclic) bond motifs is 2. The molecule has 0 heterocycles. The molecule has 0 saturated heterocycles. The van der Waals surface area contributed by atoms with Gasteiger partial charge in [0.05, 0.1) is 0 Å². The Balaban J connectivity index is 2.26. The molecule has 0 bridgehead atoms. The molecular weight excluding hydrogens is 352 g/mol. The predicted molar refractivity (Wildman–Crippen MR) is 110 cm³/mol. The topological polar surface area (TPSA) is 74.6 Å². The lowest BCUT2D eigenvalue weighted by Gasteiger charge is -2.16. The predicted octanol–water partition coefficient (Wildman–Crippen LogP) is 5.31. The molecule has 4 aromatic rings. The highest BCUT2D eigenvalue weighted by molar-refractivity contribution is 6.15. The van der Waals surface area contributed by atoms with Crippen molar-refractivity contribution in [2.45, 2.75) is 13.8 Å². The van der Waals surface area contributed by atoms with Gasteiger partial charge in [-0.15, -0.1) is 0 Å². The Labute approximate surface area is 161 Å². The van der Waals surface area contributed by atoms with Crippen LogP contribution in [0.4, 0.5) is 0 Å². The Kier molecular flexibility index (Phi) is 4.12. The Bertz CT molecular complexity index is 1180. The monoisotopic (exact) mass is 370 g/mol. The van der Waals surface area contributed by atoms with E-state index in [-0.39, 0.29) is 11.5 Å². The Morgan fingerprint density at radius 3 is 1.39 bits per heavy atom. The zero-order valence-corrected chi connectivity index (χ0v) is 15.5. The van der Waals surface area contributed by atoms with Crippen LogP contribution in [0.5, 0.6) is 11.5 Å². The molecular formula is C24H18O4. The molecule has 0 aliphatic carbocycles. The summed E-state index contributed by atoms with van der Waals surface area (Å²) in [6.07, 6.45) is 1.49. The first kappa shape index (κ1) is 17.7. The lowest BCUT2D eigenvalue weighted by atomic mass is 9.86. The number of hydrogen-bond acceptors (Lipinski definition) is 4. The summed E-state index contributed by atoms with van der Waals surface area (Å²) in [6.45, 7) is 3.61. The van der Waals surface area contributed by atoms with Gasteiger partial charge in [0.1, 0.15) is 11.5 Å². The van der Waals surface area contributed by atoms with E-state index in [2.05, 4.69) is 0 Å². The summed E-state index contributed by atoms with van der Waals surface area (Å²) in [5.74, 6) is 0.228. The summed E-state index contributed by atoms with van der Waals surface area (Å²) < 4.78 is 0. The number of phenols is 2. The number of aldehydes is 2. The second-order valence-corrected chi connectivity index (χ2v) is 7.01. The van der Waals surface area contributed by atoms with E-state index in [0.717, 1.165) is 34.5 Å². The van der Waals surface area contributed by atoms with Crippen LogP contribution >= 0.6 is 0 Å². The first-order chi connectivity index (χ1) is 13.4. The molecule has 4 aromatic carbocycles. The molecule has 0 unspecified atom stereocenters. The fourth-order valence-electron chi connectivity index (χ4n) is 3.74. The van der Waals surface area contributed by atoms with Gasteiger partial charge in [0.15, 0.2) is 12.6 Å². The van der Waals surface area contributed by atoms with Crippen LogP contribution in [0.1, 0.15) is 31.8 Å². The molecule has 0 aromatic heterocycles. The molecule has 0 radical (unpaired) electrons. The zero-order chi connectivity index (χ0) is 20.0. The highest BCUT2D eigenvalue weighted by Gasteiger charge is 2.18. The van der Waals surface area contributed by atoms with Crippen molar-refractivity contribution in [3.8, 4) is 22.6 Å². The van der Waals surface area contributed by atoms with E-state index in [1.807, 2.05) is 24.3 Å². The van der Waals surface area contributed by atoms with Crippen molar-refractivity contribution in [1.29, 1.82) is 0 Å². The summed E-state index contributed by atoms with van der Waals surface area (Å²) in [6, 6.07) is 14.0. The average Bonchev–Trinajstić information content (AvgIpc) is 2.68. The minimum absolute atomic E-state index is 0.114. The third-order valence-corrected chi connectivity index (χ3v) is 5.24. The Morgan fingerprint density at radius 2 is 1.04 bits per heavy atom. The Hall–Kier alpha value is -3.66. The molecule has 0 fully saturated rings. The van der Waals surface area contributed by atoms with E-state index < -0.39 is 0 Å². The van der Waals surface area contributed by atoms with Crippen molar-refractivity contribution in [3.63, 3.8) is 0 Å². The van der Waals surface area contributed by atoms with Gasteiger partial charge in [-0.2, -0.15) is 0 Å². The molecule has 138 valence electrons. The Morgan fingerprint density at radius 1 is 0.643 bits per heavy atom. The maximum absolute atomic E-state index is 11.9. The molecule has 0 spiro atoms. The van der Waals surface area contributed by atoms with Crippen LogP contribution in [0.2, 0.25) is 0 Å². The van der Waals surface area contributed by atoms with E-state index in [1.165, 1.54) is 0 Å². The highest BCUT2D eigenvalue weighted by Crippen LogP contribution is 2.41. The molecule has 0 amide bonds. The number of carbonyl (C=O) groups excluding carboxylic acids is 2. The van der Waals surface area contributed by atoms with Gasteiger partial charge in [0, 0.05) is 22.3 Å². The third kappa shape index (κ3) is 2.62. The smallest absolute Gasteiger partial charge is 0.150 e. The summed E-state index contributed by atoms with van der Waals surface area (Å²) in [5, 5.41) is 23.6. The molecule has 2 N–H and O–H groups in total. The molecule has 0 aliphatic rings. The van der Waals surface area contributed by atoms with Crippen molar-refractivity contribution in [1.82, 2.24) is 0 Å². The highest BCUT2D eigenvalue weighted by atomic mass is 16.3. The van der Waals surface area contributed by atoms with Gasteiger partial charge in [0.25, 0.3) is 0 Å². The van der Waals surface area contributed by atoms with Crippen LogP contribution in [0, 0.1) is 13.8 Å². The number of benzene rings is 4. The van der Waals surface area contributed by atoms with Crippen molar-refractivity contribution in [2.75, 3.05) is 0 Å². The van der Waals surface area contributed by atoms with Crippen LogP contribution in [-0.4, -0.2) is 22.8 Å². The zero-order valence-electron chi connectivity index (χ0n) is 15.5. The van der Waals surface area contributed by atoms with Gasteiger partial charge in [-0.1, -0.05) is 24.3 Å². The second kappa shape index (κ2) is 6.50. The van der Waals surface area contributed by atoms with E-state index in [1.54, 1.807) is 38.1 Å². The molecule has 0 atom stereocenters. The second-order valence-electron chi connectivity index (χ2n) is 7.01. The van der Waals surface area contributed by atoms with Crippen LogP contribution in [-0.2, 0) is 0 Å². The van der Waals surface area contributed by atoms with E-state index in [4.69, 9.17) is 0 Å². The quantitative estimate of drug-likeness (QED) is 0.479. The fraction of sp³-hybridized carbons (Fsp3) is 0.0833. The van der Waals surface area contributed by atoms with Crippen LogP contribution < -0.4 is 0 Å². The van der Waals surface area contributed by atoms with E-state index in [9.17, 15) is 19.8 Å². The lowest BCUT2D eigenvalue weighted by molar-refractivity contribution is 0.111. The molecule has 28 heavy (non-hydrogen) atoms. The van der Waals surface area contributed by atoms with Crippen molar-refractivity contribution >= 4 is 34.1 Å². The molecule has 0 aliphatic heterocycles. The standard InChI is InChI=1S/C24H18O4/c1-13-7-15-3-5-17(11-25)23(19(15)9-21(13)27)24-18(12-26)6-4-16-8-14(2)22(28)10-20(16)24/h3-12,27-28H,1-2H3. The number of hydrogen-bond donors (Lipinski definition) is 2. The van der Waals surface area contributed by atoms with Gasteiger partial charge >= 0.3 is 0 Å². The minimum Gasteiger partial charge on any atom is -0.508 e. The first-order valence-electron chi connectivity index (χ1n) is 8.88. The maximum Gasteiger partial charge on any atom is 0.150 e. The van der Waals surface area contributed by atoms with E-state index in [0.29, 0.717) is 33.0 Å². The largest absolute Gasteiger partial charge is 0.508 e.